The van der Waals surface area contributed by atoms with Gasteiger partial charge in [-0.1, -0.05) is 0 Å². The molecular formula is C11H18O4. The Morgan fingerprint density at radius 3 is 2.47 bits per heavy atom. The van der Waals surface area contributed by atoms with E-state index in [0.717, 1.165) is 6.42 Å². The molecule has 0 aromatic heterocycles. The predicted molar refractivity (Wildman–Crippen MR) is 53.6 cm³/mol. The molecule has 2 aliphatic rings. The van der Waals surface area contributed by atoms with E-state index in [-0.39, 0.29) is 12.0 Å². The molecule has 2 rings (SSSR count). The fourth-order valence-corrected chi connectivity index (χ4v) is 2.94. The molecule has 0 radical (unpaired) electrons. The molecule has 2 aliphatic heterocycles. The van der Waals surface area contributed by atoms with Crippen molar-refractivity contribution in [3.8, 4) is 0 Å². The number of ether oxygens (including phenoxy) is 2. The molecule has 0 spiro atoms. The minimum atomic E-state index is -0.673. The third-order valence-corrected chi connectivity index (χ3v) is 3.90. The van der Waals surface area contributed by atoms with Gasteiger partial charge >= 0.3 is 5.97 Å². The Kier molecular flexibility index (Phi) is 2.98. The normalized spacial score (nSPS) is 35.3. The molecule has 2 fully saturated rings. The average Bonchev–Trinajstić information content (AvgIpc) is 2.66. The third-order valence-electron chi connectivity index (χ3n) is 3.90. The maximum Gasteiger partial charge on any atom is 0.310 e. The molecule has 2 saturated heterocycles. The lowest BCUT2D eigenvalue weighted by Crippen LogP contribution is -2.45. The molecule has 2 unspecified atom stereocenters. The number of hydrogen-bond donors (Lipinski definition) is 1. The van der Waals surface area contributed by atoms with Crippen molar-refractivity contribution in [1.82, 2.24) is 0 Å². The summed E-state index contributed by atoms with van der Waals surface area (Å²) in [4.78, 5) is 11.5. The maximum absolute atomic E-state index is 11.5. The molecule has 2 heterocycles. The summed E-state index contributed by atoms with van der Waals surface area (Å²) in [6.07, 6.45) is 2.19. The van der Waals surface area contributed by atoms with E-state index >= 15 is 0 Å². The van der Waals surface area contributed by atoms with Crippen molar-refractivity contribution in [3.05, 3.63) is 0 Å². The maximum atomic E-state index is 11.5. The molecule has 4 heteroatoms. The Hall–Kier alpha value is -0.610. The lowest BCUT2D eigenvalue weighted by molar-refractivity contribution is -0.162. The molecule has 15 heavy (non-hydrogen) atoms. The Morgan fingerprint density at radius 2 is 2.00 bits per heavy atom. The van der Waals surface area contributed by atoms with Crippen molar-refractivity contribution in [3.63, 3.8) is 0 Å². The highest BCUT2D eigenvalue weighted by atomic mass is 16.5. The first-order chi connectivity index (χ1) is 7.17. The fourth-order valence-electron chi connectivity index (χ4n) is 2.94. The number of carboxylic acid groups (broad SMARTS) is 1. The van der Waals surface area contributed by atoms with Crippen LogP contribution >= 0.6 is 0 Å². The second-order valence-corrected chi connectivity index (χ2v) is 4.54. The Bertz CT molecular complexity index is 245. The first-order valence-corrected chi connectivity index (χ1v) is 5.59. The lowest BCUT2D eigenvalue weighted by atomic mass is 9.67. The largest absolute Gasteiger partial charge is 0.481 e. The second-order valence-electron chi connectivity index (χ2n) is 4.54. The van der Waals surface area contributed by atoms with Crippen molar-refractivity contribution < 1.29 is 19.4 Å². The molecule has 0 aromatic rings. The van der Waals surface area contributed by atoms with E-state index in [1.54, 1.807) is 0 Å². The van der Waals surface area contributed by atoms with Gasteiger partial charge in [-0.05, 0) is 26.2 Å². The summed E-state index contributed by atoms with van der Waals surface area (Å²) in [6, 6.07) is 0. The van der Waals surface area contributed by atoms with Crippen LogP contribution in [-0.2, 0) is 14.3 Å². The molecule has 0 bridgehead atoms. The molecule has 0 amide bonds. The number of aliphatic carboxylic acids is 1. The standard InChI is InChI=1S/C11H18O4/c1-8-9(2-5-15-8)11(10(12)13)3-6-14-7-4-11/h8-9H,2-7H2,1H3,(H,12,13). The van der Waals surface area contributed by atoms with Crippen LogP contribution in [0.1, 0.15) is 26.2 Å². The van der Waals surface area contributed by atoms with E-state index in [0.29, 0.717) is 32.7 Å². The van der Waals surface area contributed by atoms with Gasteiger partial charge < -0.3 is 14.6 Å². The van der Waals surface area contributed by atoms with Crippen molar-refractivity contribution >= 4 is 5.97 Å². The highest BCUT2D eigenvalue weighted by Crippen LogP contribution is 2.45. The van der Waals surface area contributed by atoms with E-state index < -0.39 is 11.4 Å². The highest BCUT2D eigenvalue weighted by molar-refractivity contribution is 5.75. The topological polar surface area (TPSA) is 55.8 Å². The van der Waals surface area contributed by atoms with Crippen LogP contribution in [-0.4, -0.2) is 37.0 Å². The number of hydrogen-bond acceptors (Lipinski definition) is 3. The van der Waals surface area contributed by atoms with Gasteiger partial charge in [0.15, 0.2) is 0 Å². The van der Waals surface area contributed by atoms with Crippen LogP contribution in [0.15, 0.2) is 0 Å². The SMILES string of the molecule is CC1OCCC1C1(C(=O)O)CCOCC1. The van der Waals surface area contributed by atoms with E-state index in [1.165, 1.54) is 0 Å². The van der Waals surface area contributed by atoms with Crippen molar-refractivity contribution in [1.29, 1.82) is 0 Å². The summed E-state index contributed by atoms with van der Waals surface area (Å²) in [5.74, 6) is -0.521. The van der Waals surface area contributed by atoms with E-state index in [2.05, 4.69) is 0 Å². The van der Waals surface area contributed by atoms with Crippen LogP contribution in [0.25, 0.3) is 0 Å². The smallest absolute Gasteiger partial charge is 0.310 e. The van der Waals surface area contributed by atoms with Gasteiger partial charge in [-0.25, -0.2) is 0 Å². The third kappa shape index (κ3) is 1.76. The zero-order chi connectivity index (χ0) is 10.9. The van der Waals surface area contributed by atoms with Crippen LogP contribution < -0.4 is 0 Å². The quantitative estimate of drug-likeness (QED) is 0.752. The Balaban J connectivity index is 2.20. The summed E-state index contributed by atoms with van der Waals surface area (Å²) in [5.41, 5.74) is -0.603. The van der Waals surface area contributed by atoms with Gasteiger partial charge in [-0.2, -0.15) is 0 Å². The number of rotatable bonds is 2. The van der Waals surface area contributed by atoms with Crippen LogP contribution in [0.5, 0.6) is 0 Å². The van der Waals surface area contributed by atoms with Gasteiger partial charge in [0, 0.05) is 25.7 Å². The Morgan fingerprint density at radius 1 is 1.33 bits per heavy atom. The number of carboxylic acids is 1. The molecule has 2 atom stereocenters. The lowest BCUT2D eigenvalue weighted by Gasteiger charge is -2.39. The Labute approximate surface area is 89.6 Å². The molecular weight excluding hydrogens is 196 g/mol. The minimum Gasteiger partial charge on any atom is -0.481 e. The summed E-state index contributed by atoms with van der Waals surface area (Å²) in [7, 11) is 0. The molecule has 0 aliphatic carbocycles. The molecule has 0 aromatic carbocycles. The van der Waals surface area contributed by atoms with E-state index in [1.807, 2.05) is 6.92 Å². The minimum absolute atomic E-state index is 0.0687. The monoisotopic (exact) mass is 214 g/mol. The van der Waals surface area contributed by atoms with Gasteiger partial charge in [0.05, 0.1) is 11.5 Å². The average molecular weight is 214 g/mol. The molecule has 4 nitrogen and oxygen atoms in total. The van der Waals surface area contributed by atoms with E-state index in [9.17, 15) is 9.90 Å². The predicted octanol–water partition coefficient (Wildman–Crippen LogP) is 1.29. The van der Waals surface area contributed by atoms with Gasteiger partial charge in [-0.3, -0.25) is 4.79 Å². The summed E-state index contributed by atoms with van der Waals surface area (Å²) in [6.45, 7) is 3.81. The molecule has 1 N–H and O–H groups in total. The summed E-state index contributed by atoms with van der Waals surface area (Å²) >= 11 is 0. The van der Waals surface area contributed by atoms with Crippen molar-refractivity contribution in [2.45, 2.75) is 32.3 Å². The summed E-state index contributed by atoms with van der Waals surface area (Å²) < 4.78 is 10.8. The zero-order valence-electron chi connectivity index (χ0n) is 9.07. The van der Waals surface area contributed by atoms with Gasteiger partial charge in [0.25, 0.3) is 0 Å². The van der Waals surface area contributed by atoms with Crippen molar-refractivity contribution in [2.24, 2.45) is 11.3 Å². The highest BCUT2D eigenvalue weighted by Gasteiger charge is 2.50. The first-order valence-electron chi connectivity index (χ1n) is 5.59. The fraction of sp³-hybridized carbons (Fsp3) is 0.909. The zero-order valence-corrected chi connectivity index (χ0v) is 9.07. The van der Waals surface area contributed by atoms with Crippen LogP contribution in [0.4, 0.5) is 0 Å². The van der Waals surface area contributed by atoms with Crippen LogP contribution in [0, 0.1) is 11.3 Å². The molecule has 0 saturated carbocycles. The number of carbonyl (C=O) groups is 1. The van der Waals surface area contributed by atoms with Gasteiger partial charge in [0.2, 0.25) is 0 Å². The van der Waals surface area contributed by atoms with Crippen LogP contribution in [0.2, 0.25) is 0 Å². The van der Waals surface area contributed by atoms with Crippen LogP contribution in [0.3, 0.4) is 0 Å². The first kappa shape index (κ1) is 10.9. The van der Waals surface area contributed by atoms with Gasteiger partial charge in [0.1, 0.15) is 0 Å². The van der Waals surface area contributed by atoms with Crippen molar-refractivity contribution in [2.75, 3.05) is 19.8 Å². The van der Waals surface area contributed by atoms with E-state index in [4.69, 9.17) is 9.47 Å². The second kappa shape index (κ2) is 4.10. The molecule has 86 valence electrons. The summed E-state index contributed by atoms with van der Waals surface area (Å²) in [5, 5.41) is 9.46. The van der Waals surface area contributed by atoms with Gasteiger partial charge in [-0.15, -0.1) is 0 Å².